The van der Waals surface area contributed by atoms with Crippen molar-refractivity contribution in [3.05, 3.63) is 42.6 Å². The Morgan fingerprint density at radius 2 is 2.12 bits per heavy atom. The van der Waals surface area contributed by atoms with Gasteiger partial charge < -0.3 is 9.64 Å². The summed E-state index contributed by atoms with van der Waals surface area (Å²) in [6, 6.07) is 10.1. The lowest BCUT2D eigenvalue weighted by molar-refractivity contribution is -0.141. The van der Waals surface area contributed by atoms with Gasteiger partial charge in [-0.2, -0.15) is 0 Å². The molecule has 0 spiro atoms. The van der Waals surface area contributed by atoms with Crippen LogP contribution in [0, 0.1) is 5.92 Å². The minimum atomic E-state index is 0.225. The van der Waals surface area contributed by atoms with Crippen molar-refractivity contribution in [1.82, 2.24) is 4.90 Å². The summed E-state index contributed by atoms with van der Waals surface area (Å²) in [7, 11) is 0. The predicted octanol–water partition coefficient (Wildman–Crippen LogP) is 1.81. The molecular weight excluding hydrogens is 202 g/mol. The monoisotopic (exact) mass is 215 g/mol. The second kappa shape index (κ2) is 3.67. The highest BCUT2D eigenvalue weighted by molar-refractivity contribution is 5.85. The number of β-lactam (4-membered cyclic amide) rings is 1. The summed E-state index contributed by atoms with van der Waals surface area (Å²) in [5.74, 6) is 1.46. The summed E-state index contributed by atoms with van der Waals surface area (Å²) in [4.78, 5) is 13.0. The minimum absolute atomic E-state index is 0.225. The van der Waals surface area contributed by atoms with Gasteiger partial charge in [-0.15, -0.1) is 0 Å². The van der Waals surface area contributed by atoms with Crippen LogP contribution in [0.3, 0.4) is 0 Å². The van der Waals surface area contributed by atoms with Gasteiger partial charge in [0.05, 0.1) is 12.6 Å². The first kappa shape index (κ1) is 9.46. The van der Waals surface area contributed by atoms with E-state index in [4.69, 9.17) is 4.74 Å². The number of carbonyl (C=O) groups excluding carboxylic acids is 1. The van der Waals surface area contributed by atoms with E-state index in [0.717, 1.165) is 5.75 Å². The fourth-order valence-electron chi connectivity index (χ4n) is 2.21. The van der Waals surface area contributed by atoms with Crippen LogP contribution < -0.4 is 4.74 Å². The van der Waals surface area contributed by atoms with Gasteiger partial charge in [0, 0.05) is 18.5 Å². The van der Waals surface area contributed by atoms with Crippen LogP contribution >= 0.6 is 0 Å². The Balaban J connectivity index is 1.58. The van der Waals surface area contributed by atoms with Crippen LogP contribution in [-0.2, 0) is 4.79 Å². The van der Waals surface area contributed by atoms with Gasteiger partial charge in [-0.05, 0) is 12.1 Å². The molecule has 0 aliphatic carbocycles. The Bertz CT molecular complexity index is 427. The van der Waals surface area contributed by atoms with Gasteiger partial charge in [0.25, 0.3) is 0 Å². The van der Waals surface area contributed by atoms with Crippen LogP contribution in [0.25, 0.3) is 0 Å². The van der Waals surface area contributed by atoms with Crippen LogP contribution in [-0.4, -0.2) is 23.5 Å². The van der Waals surface area contributed by atoms with E-state index in [1.165, 1.54) is 0 Å². The zero-order chi connectivity index (χ0) is 11.0. The van der Waals surface area contributed by atoms with Gasteiger partial charge in [0.1, 0.15) is 5.75 Å². The number of hydrogen-bond acceptors (Lipinski definition) is 2. The lowest BCUT2D eigenvalue weighted by Gasteiger charge is -2.36. The first-order chi connectivity index (χ1) is 7.84. The number of carbonyl (C=O) groups is 1. The van der Waals surface area contributed by atoms with Crippen molar-refractivity contribution < 1.29 is 9.53 Å². The van der Waals surface area contributed by atoms with E-state index in [1.807, 2.05) is 36.5 Å². The molecule has 16 heavy (non-hydrogen) atoms. The zero-order valence-electron chi connectivity index (χ0n) is 8.87. The Labute approximate surface area is 94.3 Å². The van der Waals surface area contributed by atoms with E-state index in [9.17, 15) is 4.79 Å². The molecule has 2 atom stereocenters. The van der Waals surface area contributed by atoms with Gasteiger partial charge in [-0.1, -0.05) is 24.3 Å². The molecule has 2 aliphatic heterocycles. The summed E-state index contributed by atoms with van der Waals surface area (Å²) in [6.07, 6.45) is 4.61. The standard InChI is InChI=1S/C13H13NO2/c15-13-8-12-10(6-7-14(12)13)9-16-11-4-2-1-3-5-11/h1-7,10,12H,8-9H2/t10?,12-/m0/s1. The highest BCUT2D eigenvalue weighted by Gasteiger charge is 2.42. The fraction of sp³-hybridized carbons (Fsp3) is 0.308. The molecule has 2 heterocycles. The lowest BCUT2D eigenvalue weighted by Crippen LogP contribution is -2.50. The normalized spacial score (nSPS) is 26.5. The first-order valence-corrected chi connectivity index (χ1v) is 5.52. The maximum absolute atomic E-state index is 11.2. The minimum Gasteiger partial charge on any atom is -0.493 e. The zero-order valence-corrected chi connectivity index (χ0v) is 8.87. The molecule has 1 amide bonds. The van der Waals surface area contributed by atoms with Crippen LogP contribution in [0.5, 0.6) is 5.75 Å². The first-order valence-electron chi connectivity index (χ1n) is 5.52. The molecule has 1 aromatic carbocycles. The topological polar surface area (TPSA) is 29.5 Å². The molecule has 3 rings (SSSR count). The van der Waals surface area contributed by atoms with Crippen molar-refractivity contribution in [3.8, 4) is 5.75 Å². The fourth-order valence-corrected chi connectivity index (χ4v) is 2.21. The number of fused-ring (bicyclic) bond motifs is 1. The van der Waals surface area contributed by atoms with Crippen molar-refractivity contribution in [3.63, 3.8) is 0 Å². The van der Waals surface area contributed by atoms with E-state index >= 15 is 0 Å². The van der Waals surface area contributed by atoms with Gasteiger partial charge in [-0.25, -0.2) is 0 Å². The Morgan fingerprint density at radius 3 is 2.81 bits per heavy atom. The largest absolute Gasteiger partial charge is 0.493 e. The van der Waals surface area contributed by atoms with Gasteiger partial charge in [0.15, 0.2) is 0 Å². The molecule has 3 nitrogen and oxygen atoms in total. The number of benzene rings is 1. The summed E-state index contributed by atoms with van der Waals surface area (Å²) in [5, 5.41) is 0. The Kier molecular flexibility index (Phi) is 2.17. The van der Waals surface area contributed by atoms with E-state index < -0.39 is 0 Å². The molecule has 0 bridgehead atoms. The molecule has 1 saturated heterocycles. The highest BCUT2D eigenvalue weighted by Crippen LogP contribution is 2.33. The summed E-state index contributed by atoms with van der Waals surface area (Å²) < 4.78 is 5.69. The summed E-state index contributed by atoms with van der Waals surface area (Å²) in [6.45, 7) is 0.648. The number of nitrogens with zero attached hydrogens (tertiary/aromatic N) is 1. The summed E-state index contributed by atoms with van der Waals surface area (Å²) in [5.41, 5.74) is 0. The Morgan fingerprint density at radius 1 is 1.31 bits per heavy atom. The molecule has 1 aromatic rings. The van der Waals surface area contributed by atoms with Crippen LogP contribution in [0.4, 0.5) is 0 Å². The average molecular weight is 215 g/mol. The molecule has 1 fully saturated rings. The highest BCUT2D eigenvalue weighted by atomic mass is 16.5. The number of para-hydroxylation sites is 1. The SMILES string of the molecule is O=C1C[C@H]2C(COc3ccccc3)C=CN12. The molecule has 0 radical (unpaired) electrons. The molecule has 2 aliphatic rings. The molecule has 0 N–H and O–H groups in total. The molecule has 0 saturated carbocycles. The molecular formula is C13H13NO2. The van der Waals surface area contributed by atoms with E-state index in [2.05, 4.69) is 6.08 Å². The third kappa shape index (κ3) is 1.48. The smallest absolute Gasteiger partial charge is 0.228 e. The Hall–Kier alpha value is -1.77. The van der Waals surface area contributed by atoms with Gasteiger partial charge in [-0.3, -0.25) is 4.79 Å². The van der Waals surface area contributed by atoms with Crippen molar-refractivity contribution in [2.45, 2.75) is 12.5 Å². The number of amides is 1. The second-order valence-electron chi connectivity index (χ2n) is 4.20. The maximum atomic E-state index is 11.2. The third-order valence-electron chi connectivity index (χ3n) is 3.20. The predicted molar refractivity (Wildman–Crippen MR) is 59.8 cm³/mol. The van der Waals surface area contributed by atoms with Crippen LogP contribution in [0.15, 0.2) is 42.6 Å². The van der Waals surface area contributed by atoms with E-state index in [0.29, 0.717) is 25.0 Å². The second-order valence-corrected chi connectivity index (χ2v) is 4.20. The summed E-state index contributed by atoms with van der Waals surface area (Å²) >= 11 is 0. The number of hydrogen-bond donors (Lipinski definition) is 0. The third-order valence-corrected chi connectivity index (χ3v) is 3.20. The quantitative estimate of drug-likeness (QED) is 0.720. The van der Waals surface area contributed by atoms with Crippen molar-refractivity contribution in [2.24, 2.45) is 5.92 Å². The lowest BCUT2D eigenvalue weighted by atomic mass is 9.93. The average Bonchev–Trinajstić information content (AvgIpc) is 2.64. The van der Waals surface area contributed by atoms with Crippen molar-refractivity contribution >= 4 is 5.91 Å². The van der Waals surface area contributed by atoms with Crippen molar-refractivity contribution in [2.75, 3.05) is 6.61 Å². The van der Waals surface area contributed by atoms with Crippen molar-refractivity contribution in [1.29, 1.82) is 0 Å². The van der Waals surface area contributed by atoms with E-state index in [-0.39, 0.29) is 5.91 Å². The molecule has 3 heteroatoms. The maximum Gasteiger partial charge on any atom is 0.228 e. The molecule has 1 unspecified atom stereocenters. The van der Waals surface area contributed by atoms with Crippen LogP contribution in [0.1, 0.15) is 6.42 Å². The number of ether oxygens (including phenoxy) is 1. The molecule has 0 aromatic heterocycles. The van der Waals surface area contributed by atoms with Gasteiger partial charge >= 0.3 is 0 Å². The number of rotatable bonds is 3. The van der Waals surface area contributed by atoms with Gasteiger partial charge in [0.2, 0.25) is 5.91 Å². The molecule has 82 valence electrons. The van der Waals surface area contributed by atoms with Crippen LogP contribution in [0.2, 0.25) is 0 Å². The van der Waals surface area contributed by atoms with E-state index in [1.54, 1.807) is 4.90 Å².